The summed E-state index contributed by atoms with van der Waals surface area (Å²) in [4.78, 5) is 0. The van der Waals surface area contributed by atoms with Crippen LogP contribution in [0.4, 0.5) is 0 Å². The SMILES string of the molecule is [Br-].[Br-].[Mg+2].[Mg+2].[c-]1cccc(-c2c[c-]ccc2)c1. The predicted molar refractivity (Wildman–Crippen MR) is 61.1 cm³/mol. The van der Waals surface area contributed by atoms with E-state index in [0.29, 0.717) is 0 Å². The Kier molecular flexibility index (Phi) is 17.1. The van der Waals surface area contributed by atoms with E-state index in [1.165, 1.54) is 11.1 Å². The molecule has 16 heavy (non-hydrogen) atoms. The molecule has 0 N–H and O–H groups in total. The molecular formula is C12H8Br2Mg2. The van der Waals surface area contributed by atoms with E-state index in [1.807, 2.05) is 36.4 Å². The largest absolute Gasteiger partial charge is 2.00 e. The van der Waals surface area contributed by atoms with E-state index in [1.54, 1.807) is 0 Å². The van der Waals surface area contributed by atoms with Crippen molar-refractivity contribution in [2.45, 2.75) is 0 Å². The summed E-state index contributed by atoms with van der Waals surface area (Å²) in [6, 6.07) is 22.0. The van der Waals surface area contributed by atoms with Gasteiger partial charge in [-0.25, -0.2) is 0 Å². The summed E-state index contributed by atoms with van der Waals surface area (Å²) >= 11 is 0. The van der Waals surface area contributed by atoms with Crippen molar-refractivity contribution < 1.29 is 34.0 Å². The maximum absolute atomic E-state index is 3.05. The monoisotopic (exact) mass is 358 g/mol. The molecule has 0 radical (unpaired) electrons. The average molecular weight is 361 g/mol. The van der Waals surface area contributed by atoms with Gasteiger partial charge in [-0.2, -0.15) is 71.8 Å². The molecule has 0 atom stereocenters. The third-order valence-corrected chi connectivity index (χ3v) is 1.75. The molecule has 0 aliphatic rings. The fourth-order valence-electron chi connectivity index (χ4n) is 1.15. The molecule has 0 aliphatic carbocycles. The van der Waals surface area contributed by atoms with Crippen LogP contribution in [-0.2, 0) is 0 Å². The average Bonchev–Trinajstić information content (AvgIpc) is 2.21. The normalized spacial score (nSPS) is 7.25. The van der Waals surface area contributed by atoms with Gasteiger partial charge in [0.2, 0.25) is 0 Å². The Hall–Kier alpha value is 0.932. The van der Waals surface area contributed by atoms with E-state index in [0.717, 1.165) is 0 Å². The van der Waals surface area contributed by atoms with Crippen molar-refractivity contribution in [1.29, 1.82) is 0 Å². The predicted octanol–water partition coefficient (Wildman–Crippen LogP) is -3.80. The molecule has 0 unspecified atom stereocenters. The zero-order chi connectivity index (χ0) is 8.23. The molecule has 0 fully saturated rings. The van der Waals surface area contributed by atoms with Gasteiger partial charge in [-0.3, -0.25) is 0 Å². The first-order chi connectivity index (χ1) is 5.97. The molecule has 0 spiro atoms. The number of halogens is 2. The second-order valence-electron chi connectivity index (χ2n) is 2.58. The molecule has 0 bridgehead atoms. The maximum atomic E-state index is 3.05. The molecule has 0 aliphatic heterocycles. The summed E-state index contributed by atoms with van der Waals surface area (Å²) in [6.07, 6.45) is 0. The summed E-state index contributed by atoms with van der Waals surface area (Å²) in [5, 5.41) is 0. The van der Waals surface area contributed by atoms with E-state index in [9.17, 15) is 0 Å². The number of benzene rings is 2. The maximum Gasteiger partial charge on any atom is 2.00 e. The van der Waals surface area contributed by atoms with Crippen LogP contribution in [0, 0.1) is 12.1 Å². The Balaban J connectivity index is -0.000000422. The minimum absolute atomic E-state index is 0. The number of rotatable bonds is 1. The Labute approximate surface area is 150 Å². The smallest absolute Gasteiger partial charge is 1.00 e. The number of hydrogen-bond acceptors (Lipinski definition) is 0. The minimum atomic E-state index is 0. The second-order valence-corrected chi connectivity index (χ2v) is 2.58. The molecule has 2 rings (SSSR count). The Morgan fingerprint density at radius 3 is 1.31 bits per heavy atom. The van der Waals surface area contributed by atoms with E-state index >= 15 is 0 Å². The molecule has 2 aromatic rings. The van der Waals surface area contributed by atoms with Crippen LogP contribution in [0.3, 0.4) is 0 Å². The molecule has 0 amide bonds. The first-order valence-electron chi connectivity index (χ1n) is 3.89. The van der Waals surface area contributed by atoms with Crippen molar-refractivity contribution >= 4 is 46.1 Å². The van der Waals surface area contributed by atoms with E-state index in [4.69, 9.17) is 0 Å². The Morgan fingerprint density at radius 2 is 1.06 bits per heavy atom. The number of hydrogen-bond donors (Lipinski definition) is 0. The van der Waals surface area contributed by atoms with Crippen LogP contribution in [-0.4, -0.2) is 46.1 Å². The summed E-state index contributed by atoms with van der Waals surface area (Å²) in [5.74, 6) is 0. The first-order valence-corrected chi connectivity index (χ1v) is 3.89. The van der Waals surface area contributed by atoms with Crippen molar-refractivity contribution in [3.05, 3.63) is 60.7 Å². The first kappa shape index (κ1) is 22.1. The van der Waals surface area contributed by atoms with E-state index in [2.05, 4.69) is 24.3 Å². The van der Waals surface area contributed by atoms with Crippen LogP contribution in [0.5, 0.6) is 0 Å². The molecular weight excluding hydrogens is 353 g/mol. The summed E-state index contributed by atoms with van der Waals surface area (Å²) in [7, 11) is 0. The van der Waals surface area contributed by atoms with Crippen molar-refractivity contribution in [2.24, 2.45) is 0 Å². The van der Waals surface area contributed by atoms with Crippen LogP contribution < -0.4 is 34.0 Å². The van der Waals surface area contributed by atoms with E-state index < -0.39 is 0 Å². The zero-order valence-corrected chi connectivity index (χ0v) is 14.8. The fourth-order valence-corrected chi connectivity index (χ4v) is 1.15. The van der Waals surface area contributed by atoms with Gasteiger partial charge in [-0.15, -0.1) is 0 Å². The van der Waals surface area contributed by atoms with Gasteiger partial charge in [0.25, 0.3) is 0 Å². The fraction of sp³-hybridized carbons (Fsp3) is 0. The van der Waals surface area contributed by atoms with Crippen LogP contribution in [0.15, 0.2) is 48.5 Å². The molecule has 0 saturated heterocycles. The van der Waals surface area contributed by atoms with Crippen LogP contribution in [0.25, 0.3) is 11.1 Å². The molecule has 74 valence electrons. The molecule has 0 heterocycles. The van der Waals surface area contributed by atoms with Crippen LogP contribution >= 0.6 is 0 Å². The standard InChI is InChI=1S/C12H8.2BrH.2Mg/c1-3-7-11(8-4-1)12-9-5-2-6-10-12;;;;/h1-3,5,7-10H;2*1H;;/q-2;;;2*+2/p-2. The van der Waals surface area contributed by atoms with Gasteiger partial charge in [0, 0.05) is 0 Å². The van der Waals surface area contributed by atoms with Gasteiger partial charge in [-0.1, -0.05) is 0 Å². The van der Waals surface area contributed by atoms with Gasteiger partial charge in [-0.05, 0) is 0 Å². The summed E-state index contributed by atoms with van der Waals surface area (Å²) in [5.41, 5.74) is 2.38. The van der Waals surface area contributed by atoms with Gasteiger partial charge in [0.05, 0.1) is 0 Å². The van der Waals surface area contributed by atoms with Gasteiger partial charge in [0.1, 0.15) is 0 Å². The topological polar surface area (TPSA) is 0 Å². The molecule has 2 aromatic carbocycles. The van der Waals surface area contributed by atoms with Gasteiger partial charge in [0.15, 0.2) is 0 Å². The molecule has 0 nitrogen and oxygen atoms in total. The van der Waals surface area contributed by atoms with E-state index in [-0.39, 0.29) is 80.1 Å². The third kappa shape index (κ3) is 6.62. The molecule has 0 saturated carbocycles. The summed E-state index contributed by atoms with van der Waals surface area (Å²) in [6.45, 7) is 0. The Morgan fingerprint density at radius 1 is 0.688 bits per heavy atom. The van der Waals surface area contributed by atoms with Crippen molar-refractivity contribution in [1.82, 2.24) is 0 Å². The molecule has 4 heteroatoms. The van der Waals surface area contributed by atoms with Crippen molar-refractivity contribution in [3.63, 3.8) is 0 Å². The van der Waals surface area contributed by atoms with Crippen LogP contribution in [0.1, 0.15) is 0 Å². The van der Waals surface area contributed by atoms with Crippen molar-refractivity contribution in [3.8, 4) is 11.1 Å². The quantitative estimate of drug-likeness (QED) is 0.362. The van der Waals surface area contributed by atoms with Gasteiger partial charge >= 0.3 is 46.1 Å². The Bertz CT molecular complexity index is 314. The summed E-state index contributed by atoms with van der Waals surface area (Å²) < 4.78 is 0. The minimum Gasteiger partial charge on any atom is -1.00 e. The third-order valence-electron chi connectivity index (χ3n) is 1.75. The molecule has 0 aromatic heterocycles. The van der Waals surface area contributed by atoms with Gasteiger partial charge < -0.3 is 34.0 Å². The zero-order valence-electron chi connectivity index (χ0n) is 8.79. The van der Waals surface area contributed by atoms with Crippen LogP contribution in [0.2, 0.25) is 0 Å². The van der Waals surface area contributed by atoms with Crippen molar-refractivity contribution in [2.75, 3.05) is 0 Å². The second kappa shape index (κ2) is 12.4.